The number of hydrogen-bond acceptors (Lipinski definition) is 1. The van der Waals surface area contributed by atoms with E-state index in [1.165, 1.54) is 4.90 Å². The van der Waals surface area contributed by atoms with Gasteiger partial charge in [-0.15, -0.1) is 10.5 Å². The number of rotatable bonds is 1. The largest absolute Gasteiger partial charge is 0.105 e. The van der Waals surface area contributed by atoms with Gasteiger partial charge in [-0.05, 0) is 12.1 Å². The van der Waals surface area contributed by atoms with Crippen molar-refractivity contribution in [2.24, 2.45) is 0 Å². The molecule has 0 radical (unpaired) electrons. The van der Waals surface area contributed by atoms with Gasteiger partial charge in [0.15, 0.2) is 0 Å². The summed E-state index contributed by atoms with van der Waals surface area (Å²) in [4.78, 5) is 1.30. The first-order chi connectivity index (χ1) is 5.88. The molecule has 1 aromatic rings. The molecule has 0 spiro atoms. The molecule has 0 N–H and O–H groups in total. The minimum atomic E-state index is 0.0291. The molecule has 12 heavy (non-hydrogen) atoms. The highest BCUT2D eigenvalue weighted by Crippen LogP contribution is 2.43. The molecule has 1 atom stereocenters. The zero-order chi connectivity index (χ0) is 8.39. The SMILES string of the molecule is ClC1=CSC=S1c1ccccc1. The van der Waals surface area contributed by atoms with Gasteiger partial charge < -0.3 is 0 Å². The van der Waals surface area contributed by atoms with E-state index in [-0.39, 0.29) is 10.5 Å². The van der Waals surface area contributed by atoms with Crippen molar-refractivity contribution in [1.29, 1.82) is 0 Å². The average molecular weight is 215 g/mol. The van der Waals surface area contributed by atoms with Crippen LogP contribution in [0, 0.1) is 0 Å². The third-order valence-corrected chi connectivity index (χ3v) is 5.31. The van der Waals surface area contributed by atoms with Crippen molar-refractivity contribution in [1.82, 2.24) is 0 Å². The summed E-state index contributed by atoms with van der Waals surface area (Å²) in [6.07, 6.45) is 0. The standard InChI is InChI=1S/C9H7ClS2/c10-9-6-11-7-12(9)8-4-2-1-3-5-8/h1-7H. The summed E-state index contributed by atoms with van der Waals surface area (Å²) in [6, 6.07) is 10.3. The van der Waals surface area contributed by atoms with E-state index in [9.17, 15) is 0 Å². The molecule has 1 aromatic carbocycles. The lowest BCUT2D eigenvalue weighted by molar-refractivity contribution is 1.47. The Balaban J connectivity index is 2.39. The number of thioether (sulfide) groups is 1. The van der Waals surface area contributed by atoms with Crippen molar-refractivity contribution in [3.05, 3.63) is 40.1 Å². The normalized spacial score (nSPS) is 21.8. The van der Waals surface area contributed by atoms with Gasteiger partial charge in [0.2, 0.25) is 0 Å². The van der Waals surface area contributed by atoms with Gasteiger partial charge in [0.25, 0.3) is 0 Å². The maximum absolute atomic E-state index is 6.03. The van der Waals surface area contributed by atoms with Crippen LogP contribution in [0.25, 0.3) is 0 Å². The molecule has 0 fully saturated rings. The van der Waals surface area contributed by atoms with E-state index in [1.807, 2.05) is 23.6 Å². The van der Waals surface area contributed by atoms with Crippen LogP contribution in [-0.4, -0.2) is 4.70 Å². The molecule has 3 heteroatoms. The molecule has 0 saturated carbocycles. The minimum Gasteiger partial charge on any atom is -0.105 e. The Hall–Kier alpha value is -0.180. The summed E-state index contributed by atoms with van der Waals surface area (Å²) < 4.78 is 3.13. The van der Waals surface area contributed by atoms with Gasteiger partial charge in [0.05, 0.1) is 4.36 Å². The van der Waals surface area contributed by atoms with Crippen molar-refractivity contribution in [2.45, 2.75) is 4.90 Å². The third-order valence-electron chi connectivity index (χ3n) is 1.52. The second-order valence-electron chi connectivity index (χ2n) is 2.31. The molecule has 1 unspecified atom stereocenters. The Bertz CT molecular complexity index is 341. The smallest absolute Gasteiger partial charge is 0.0796 e. The third kappa shape index (κ3) is 1.60. The first kappa shape index (κ1) is 8.42. The predicted molar refractivity (Wildman–Crippen MR) is 59.9 cm³/mol. The quantitative estimate of drug-likeness (QED) is 0.640. The van der Waals surface area contributed by atoms with E-state index in [4.69, 9.17) is 11.6 Å². The second-order valence-corrected chi connectivity index (χ2v) is 5.80. The Morgan fingerprint density at radius 3 is 2.50 bits per heavy atom. The Morgan fingerprint density at radius 2 is 1.92 bits per heavy atom. The van der Waals surface area contributed by atoms with Crippen molar-refractivity contribution in [3.63, 3.8) is 0 Å². The fraction of sp³-hybridized carbons (Fsp3) is 0. The van der Waals surface area contributed by atoms with Crippen molar-refractivity contribution < 1.29 is 0 Å². The highest BCUT2D eigenvalue weighted by Gasteiger charge is 2.07. The Morgan fingerprint density at radius 1 is 1.17 bits per heavy atom. The molecule has 0 aromatic heterocycles. The maximum atomic E-state index is 6.03. The van der Waals surface area contributed by atoms with Crippen molar-refractivity contribution >= 4 is 38.5 Å². The van der Waals surface area contributed by atoms with Gasteiger partial charge in [-0.3, -0.25) is 0 Å². The van der Waals surface area contributed by atoms with Crippen LogP contribution in [0.5, 0.6) is 0 Å². The van der Waals surface area contributed by atoms with Crippen LogP contribution >= 0.6 is 33.8 Å². The Kier molecular flexibility index (Phi) is 2.59. The summed E-state index contributed by atoms with van der Waals surface area (Å²) >= 11 is 7.71. The van der Waals surface area contributed by atoms with Gasteiger partial charge in [-0.2, -0.15) is 0 Å². The molecule has 1 aliphatic rings. The summed E-state index contributed by atoms with van der Waals surface area (Å²) in [5.74, 6) is 0. The average Bonchev–Trinajstić information content (AvgIpc) is 2.53. The first-order valence-corrected chi connectivity index (χ1v) is 6.11. The zero-order valence-corrected chi connectivity index (χ0v) is 8.62. The molecule has 2 rings (SSSR count). The van der Waals surface area contributed by atoms with Crippen LogP contribution in [0.4, 0.5) is 0 Å². The fourth-order valence-corrected chi connectivity index (χ4v) is 4.56. The van der Waals surface area contributed by atoms with E-state index < -0.39 is 0 Å². The molecular formula is C9H7ClS2. The van der Waals surface area contributed by atoms with Crippen LogP contribution in [0.1, 0.15) is 0 Å². The summed E-state index contributed by atoms with van der Waals surface area (Å²) in [5, 5.41) is 2.00. The Labute approximate surface area is 83.6 Å². The number of hydrogen-bond donors (Lipinski definition) is 0. The first-order valence-electron chi connectivity index (χ1n) is 3.50. The number of benzene rings is 1. The van der Waals surface area contributed by atoms with Crippen LogP contribution in [0.3, 0.4) is 0 Å². The monoisotopic (exact) mass is 214 g/mol. The molecule has 1 heterocycles. The van der Waals surface area contributed by atoms with Gasteiger partial charge in [0, 0.05) is 15.0 Å². The molecule has 62 valence electrons. The molecule has 0 aliphatic carbocycles. The van der Waals surface area contributed by atoms with Gasteiger partial charge in [-0.1, -0.05) is 41.6 Å². The molecule has 0 saturated heterocycles. The fourth-order valence-electron chi connectivity index (χ4n) is 0.970. The van der Waals surface area contributed by atoms with Crippen LogP contribution in [0.2, 0.25) is 0 Å². The predicted octanol–water partition coefficient (Wildman–Crippen LogP) is 3.86. The second kappa shape index (κ2) is 3.69. The highest BCUT2D eigenvalue weighted by molar-refractivity contribution is 8.37. The summed E-state index contributed by atoms with van der Waals surface area (Å²) in [7, 11) is 0.0291. The van der Waals surface area contributed by atoms with E-state index in [0.29, 0.717) is 0 Å². The molecule has 0 amide bonds. The lowest BCUT2D eigenvalue weighted by atomic mass is 10.4. The zero-order valence-electron chi connectivity index (χ0n) is 6.24. The van der Waals surface area contributed by atoms with Gasteiger partial charge in [-0.25, -0.2) is 0 Å². The van der Waals surface area contributed by atoms with Crippen molar-refractivity contribution in [3.8, 4) is 0 Å². The van der Waals surface area contributed by atoms with Crippen molar-refractivity contribution in [2.75, 3.05) is 0 Å². The molecular weight excluding hydrogens is 208 g/mol. The lowest BCUT2D eigenvalue weighted by Gasteiger charge is -2.02. The van der Waals surface area contributed by atoms with Crippen LogP contribution < -0.4 is 0 Å². The summed E-state index contributed by atoms with van der Waals surface area (Å²) in [6.45, 7) is 0. The van der Waals surface area contributed by atoms with Crippen LogP contribution in [0.15, 0.2) is 45.0 Å². The van der Waals surface area contributed by atoms with E-state index in [1.54, 1.807) is 11.8 Å². The maximum Gasteiger partial charge on any atom is 0.0796 e. The van der Waals surface area contributed by atoms with E-state index in [2.05, 4.69) is 16.8 Å². The van der Waals surface area contributed by atoms with E-state index in [0.717, 1.165) is 4.36 Å². The lowest BCUT2D eigenvalue weighted by Crippen LogP contribution is -1.71. The highest BCUT2D eigenvalue weighted by atomic mass is 35.5. The van der Waals surface area contributed by atoms with Gasteiger partial charge >= 0.3 is 0 Å². The van der Waals surface area contributed by atoms with Crippen LogP contribution in [-0.2, 0) is 0 Å². The number of halogens is 1. The van der Waals surface area contributed by atoms with E-state index >= 15 is 0 Å². The topological polar surface area (TPSA) is 0 Å². The van der Waals surface area contributed by atoms with Gasteiger partial charge in [0.1, 0.15) is 0 Å². The minimum absolute atomic E-state index is 0.0291. The summed E-state index contributed by atoms with van der Waals surface area (Å²) in [5.41, 5.74) is 0. The molecule has 0 nitrogen and oxygen atoms in total. The molecule has 0 bridgehead atoms. The molecule has 1 aliphatic heterocycles.